The molecule has 0 aliphatic carbocycles. The maximum atomic E-state index is 4.24. The molecule has 0 aliphatic heterocycles. The van der Waals surface area contributed by atoms with Crippen LogP contribution in [0, 0.1) is 6.92 Å². The van der Waals surface area contributed by atoms with E-state index in [0.29, 0.717) is 0 Å². The highest BCUT2D eigenvalue weighted by atomic mass is 15.3. The molecule has 0 aromatic carbocycles. The van der Waals surface area contributed by atoms with E-state index >= 15 is 0 Å². The lowest BCUT2D eigenvalue weighted by atomic mass is 10.1. The molecule has 0 spiro atoms. The first kappa shape index (κ1) is 12.0. The van der Waals surface area contributed by atoms with Gasteiger partial charge < -0.3 is 5.32 Å². The molecule has 1 aromatic heterocycles. The first-order chi connectivity index (χ1) is 7.19. The third-order valence-electron chi connectivity index (χ3n) is 2.69. The summed E-state index contributed by atoms with van der Waals surface area (Å²) in [4.78, 5) is 0. The number of aryl methyl sites for hydroxylation is 1. The van der Waals surface area contributed by atoms with Gasteiger partial charge in [0.05, 0.1) is 6.20 Å². The zero-order valence-electron chi connectivity index (χ0n) is 10.2. The molecule has 15 heavy (non-hydrogen) atoms. The number of nitrogens with one attached hydrogen (secondary N) is 1. The summed E-state index contributed by atoms with van der Waals surface area (Å²) in [6.07, 6.45) is 5.25. The van der Waals surface area contributed by atoms with E-state index in [1.54, 1.807) is 0 Å². The third-order valence-corrected chi connectivity index (χ3v) is 2.69. The second-order valence-electron chi connectivity index (χ2n) is 3.75. The number of hydrogen-bond donors (Lipinski definition) is 1. The molecule has 0 aliphatic rings. The van der Waals surface area contributed by atoms with E-state index in [4.69, 9.17) is 0 Å². The number of aromatic nitrogens is 2. The molecular formula is C12H21N3. The van der Waals surface area contributed by atoms with Gasteiger partial charge in [0.1, 0.15) is 0 Å². The predicted molar refractivity (Wildman–Crippen MR) is 64.8 cm³/mol. The van der Waals surface area contributed by atoms with Gasteiger partial charge in [-0.05, 0) is 19.9 Å². The summed E-state index contributed by atoms with van der Waals surface area (Å²) in [5, 5.41) is 7.59. The molecule has 0 atom stereocenters. The molecule has 0 unspecified atom stereocenters. The van der Waals surface area contributed by atoms with E-state index < -0.39 is 0 Å². The van der Waals surface area contributed by atoms with Crippen LogP contribution in [0.5, 0.6) is 0 Å². The van der Waals surface area contributed by atoms with Crippen molar-refractivity contribution in [2.45, 2.75) is 27.2 Å². The maximum absolute atomic E-state index is 4.24. The Morgan fingerprint density at radius 3 is 2.73 bits per heavy atom. The fraction of sp³-hybridized carbons (Fsp3) is 0.583. The lowest BCUT2D eigenvalue weighted by Gasteiger charge is -2.05. The van der Waals surface area contributed by atoms with Crippen molar-refractivity contribution in [3.05, 3.63) is 23.0 Å². The SMILES string of the molecule is CCNCC(=Cc1cnn(C)c1C)CC. The second-order valence-corrected chi connectivity index (χ2v) is 3.75. The smallest absolute Gasteiger partial charge is 0.0564 e. The Morgan fingerprint density at radius 1 is 1.53 bits per heavy atom. The minimum absolute atomic E-state index is 0.974. The standard InChI is InChI=1S/C12H21N3/c1-5-11(8-13-6-2)7-12-9-14-15(4)10(12)3/h7,9,13H,5-6,8H2,1-4H3. The zero-order chi connectivity index (χ0) is 11.3. The van der Waals surface area contributed by atoms with Gasteiger partial charge >= 0.3 is 0 Å². The van der Waals surface area contributed by atoms with Crippen LogP contribution in [0.2, 0.25) is 0 Å². The molecule has 0 bridgehead atoms. The molecule has 1 aromatic rings. The Labute approximate surface area is 92.2 Å². The predicted octanol–water partition coefficient (Wildman–Crippen LogP) is 2.13. The molecule has 0 saturated heterocycles. The summed E-state index contributed by atoms with van der Waals surface area (Å²) in [5.74, 6) is 0. The first-order valence-corrected chi connectivity index (χ1v) is 5.57. The van der Waals surface area contributed by atoms with Gasteiger partial charge in [0, 0.05) is 24.8 Å². The van der Waals surface area contributed by atoms with Gasteiger partial charge in [-0.25, -0.2) is 0 Å². The zero-order valence-corrected chi connectivity index (χ0v) is 10.2. The second kappa shape index (κ2) is 5.71. The van der Waals surface area contributed by atoms with Crippen molar-refractivity contribution in [1.29, 1.82) is 0 Å². The molecule has 3 heteroatoms. The van der Waals surface area contributed by atoms with Crippen molar-refractivity contribution >= 4 is 6.08 Å². The molecule has 1 rings (SSSR count). The molecule has 84 valence electrons. The first-order valence-electron chi connectivity index (χ1n) is 5.57. The Kier molecular flexibility index (Phi) is 4.56. The normalized spacial score (nSPS) is 12.1. The average molecular weight is 207 g/mol. The van der Waals surface area contributed by atoms with Crippen molar-refractivity contribution < 1.29 is 0 Å². The van der Waals surface area contributed by atoms with Gasteiger partial charge in [-0.1, -0.05) is 25.5 Å². The lowest BCUT2D eigenvalue weighted by Crippen LogP contribution is -2.15. The maximum Gasteiger partial charge on any atom is 0.0564 e. The highest BCUT2D eigenvalue weighted by Gasteiger charge is 2.01. The number of hydrogen-bond acceptors (Lipinski definition) is 2. The van der Waals surface area contributed by atoms with Crippen LogP contribution < -0.4 is 5.32 Å². The summed E-state index contributed by atoms with van der Waals surface area (Å²) >= 11 is 0. The van der Waals surface area contributed by atoms with Crippen molar-refractivity contribution in [1.82, 2.24) is 15.1 Å². The van der Waals surface area contributed by atoms with Crippen LogP contribution in [0.25, 0.3) is 6.08 Å². The van der Waals surface area contributed by atoms with Crippen LogP contribution in [0.1, 0.15) is 31.5 Å². The number of likely N-dealkylation sites (N-methyl/N-ethyl adjacent to an activating group) is 1. The molecule has 3 nitrogen and oxygen atoms in total. The fourth-order valence-electron chi connectivity index (χ4n) is 1.44. The van der Waals surface area contributed by atoms with E-state index in [9.17, 15) is 0 Å². The average Bonchev–Trinajstić information content (AvgIpc) is 2.55. The van der Waals surface area contributed by atoms with E-state index in [1.165, 1.54) is 16.8 Å². The van der Waals surface area contributed by atoms with E-state index in [0.717, 1.165) is 19.5 Å². The summed E-state index contributed by atoms with van der Waals surface area (Å²) in [7, 11) is 1.97. The fourth-order valence-corrected chi connectivity index (χ4v) is 1.44. The van der Waals surface area contributed by atoms with Gasteiger partial charge in [0.25, 0.3) is 0 Å². The molecule has 0 radical (unpaired) electrons. The minimum Gasteiger partial charge on any atom is -0.313 e. The molecule has 0 saturated carbocycles. The van der Waals surface area contributed by atoms with Crippen LogP contribution in [0.4, 0.5) is 0 Å². The Hall–Kier alpha value is -1.09. The van der Waals surface area contributed by atoms with Crippen molar-refractivity contribution in [2.24, 2.45) is 7.05 Å². The highest BCUT2D eigenvalue weighted by Crippen LogP contribution is 2.12. The van der Waals surface area contributed by atoms with Crippen molar-refractivity contribution in [3.8, 4) is 0 Å². The highest BCUT2D eigenvalue weighted by molar-refractivity contribution is 5.54. The van der Waals surface area contributed by atoms with Gasteiger partial charge in [0.2, 0.25) is 0 Å². The third kappa shape index (κ3) is 3.20. The molecule has 1 heterocycles. The Balaban J connectivity index is 2.78. The summed E-state index contributed by atoms with van der Waals surface area (Å²) in [6, 6.07) is 0. The van der Waals surface area contributed by atoms with E-state index in [-0.39, 0.29) is 0 Å². The molecule has 1 N–H and O–H groups in total. The minimum atomic E-state index is 0.974. The quantitative estimate of drug-likeness (QED) is 0.801. The largest absolute Gasteiger partial charge is 0.313 e. The van der Waals surface area contributed by atoms with E-state index in [1.807, 2.05) is 17.9 Å². The van der Waals surface area contributed by atoms with Crippen LogP contribution in [0.15, 0.2) is 11.8 Å². The Bertz CT molecular complexity index is 337. The van der Waals surface area contributed by atoms with Gasteiger partial charge in [0.15, 0.2) is 0 Å². The van der Waals surface area contributed by atoms with Gasteiger partial charge in [-0.2, -0.15) is 5.10 Å². The number of nitrogens with zero attached hydrogens (tertiary/aromatic N) is 2. The Morgan fingerprint density at radius 2 is 2.27 bits per heavy atom. The van der Waals surface area contributed by atoms with Crippen LogP contribution in [-0.4, -0.2) is 22.9 Å². The lowest BCUT2D eigenvalue weighted by molar-refractivity contribution is 0.739. The summed E-state index contributed by atoms with van der Waals surface area (Å²) < 4.78 is 1.91. The van der Waals surface area contributed by atoms with Crippen molar-refractivity contribution in [3.63, 3.8) is 0 Å². The van der Waals surface area contributed by atoms with Crippen LogP contribution in [-0.2, 0) is 7.05 Å². The van der Waals surface area contributed by atoms with Crippen molar-refractivity contribution in [2.75, 3.05) is 13.1 Å². The van der Waals surface area contributed by atoms with Crippen LogP contribution in [0.3, 0.4) is 0 Å². The van der Waals surface area contributed by atoms with Gasteiger partial charge in [-0.3, -0.25) is 4.68 Å². The molecule has 0 fully saturated rings. The molecule has 0 amide bonds. The summed E-state index contributed by atoms with van der Waals surface area (Å²) in [6.45, 7) is 8.40. The topological polar surface area (TPSA) is 29.9 Å². The van der Waals surface area contributed by atoms with Crippen LogP contribution >= 0.6 is 0 Å². The monoisotopic (exact) mass is 207 g/mol. The number of rotatable bonds is 5. The van der Waals surface area contributed by atoms with E-state index in [2.05, 4.69) is 37.3 Å². The van der Waals surface area contributed by atoms with Gasteiger partial charge in [-0.15, -0.1) is 0 Å². The summed E-state index contributed by atoms with van der Waals surface area (Å²) in [5.41, 5.74) is 3.87. The molecular weight excluding hydrogens is 186 g/mol.